The van der Waals surface area contributed by atoms with Crippen molar-refractivity contribution in [1.82, 2.24) is 0 Å². The maximum atomic E-state index is 9.26. The number of rotatable bonds is 1. The molecule has 4 heteroatoms. The fourth-order valence-electron chi connectivity index (χ4n) is 3.00. The van der Waals surface area contributed by atoms with Crippen LogP contribution >= 0.6 is 0 Å². The van der Waals surface area contributed by atoms with E-state index in [9.17, 15) is 21.0 Å². The van der Waals surface area contributed by atoms with Gasteiger partial charge in [-0.2, -0.15) is 21.0 Å². The lowest BCUT2D eigenvalue weighted by Crippen LogP contribution is -1.87. The zero-order valence-electron chi connectivity index (χ0n) is 13.1. The van der Waals surface area contributed by atoms with Crippen LogP contribution in [-0.2, 0) is 0 Å². The van der Waals surface area contributed by atoms with Crippen LogP contribution in [0, 0.1) is 45.3 Å². The van der Waals surface area contributed by atoms with E-state index in [0.717, 1.165) is 22.3 Å². The van der Waals surface area contributed by atoms with Crippen molar-refractivity contribution in [2.24, 2.45) is 0 Å². The van der Waals surface area contributed by atoms with Crippen molar-refractivity contribution < 1.29 is 0 Å². The second-order valence-electron chi connectivity index (χ2n) is 5.46. The lowest BCUT2D eigenvalue weighted by atomic mass is 9.97. The van der Waals surface area contributed by atoms with Gasteiger partial charge in [0.05, 0.1) is 0 Å². The van der Waals surface area contributed by atoms with Gasteiger partial charge in [-0.15, -0.1) is 0 Å². The Morgan fingerprint density at radius 3 is 1.76 bits per heavy atom. The largest absolute Gasteiger partial charge is 0.192 e. The smallest absolute Gasteiger partial charge is 0.133 e. The van der Waals surface area contributed by atoms with E-state index in [-0.39, 0.29) is 17.6 Å². The molecule has 0 aromatic heterocycles. The Kier molecular flexibility index (Phi) is 4.13. The van der Waals surface area contributed by atoms with Crippen molar-refractivity contribution in [3.05, 3.63) is 70.8 Å². The summed E-state index contributed by atoms with van der Waals surface area (Å²) < 4.78 is 0. The van der Waals surface area contributed by atoms with Gasteiger partial charge in [0.15, 0.2) is 0 Å². The number of fused-ring (bicyclic) bond motifs is 1. The number of nitriles is 4. The molecule has 114 valence electrons. The topological polar surface area (TPSA) is 95.2 Å². The average molecular weight is 318 g/mol. The molecule has 0 spiro atoms. The van der Waals surface area contributed by atoms with Crippen LogP contribution < -0.4 is 0 Å². The molecule has 0 atom stereocenters. The lowest BCUT2D eigenvalue weighted by molar-refractivity contribution is 1.41. The van der Waals surface area contributed by atoms with E-state index in [4.69, 9.17) is 0 Å². The van der Waals surface area contributed by atoms with Gasteiger partial charge in [0.2, 0.25) is 0 Å². The normalized spacial score (nSPS) is 11.5. The molecular weight excluding hydrogens is 308 g/mol. The summed E-state index contributed by atoms with van der Waals surface area (Å²) in [5.74, 6) is 0. The van der Waals surface area contributed by atoms with E-state index in [1.54, 1.807) is 0 Å². The van der Waals surface area contributed by atoms with Crippen molar-refractivity contribution in [2.75, 3.05) is 0 Å². The predicted molar refractivity (Wildman–Crippen MR) is 92.8 cm³/mol. The molecule has 0 fully saturated rings. The molecule has 0 bridgehead atoms. The van der Waals surface area contributed by atoms with Crippen LogP contribution in [0.2, 0.25) is 0 Å². The molecule has 2 aromatic carbocycles. The molecule has 0 saturated heterocycles. The SMILES string of the molecule is N#CC(C#N)=C1CC(=C(C#N)C#N)c2cc(-c3ccccc3)ccc21. The summed E-state index contributed by atoms with van der Waals surface area (Å²) in [5.41, 5.74) is 4.58. The number of hydrogen-bond donors (Lipinski definition) is 0. The van der Waals surface area contributed by atoms with Crippen LogP contribution in [0.4, 0.5) is 0 Å². The molecule has 0 radical (unpaired) electrons. The monoisotopic (exact) mass is 318 g/mol. The Morgan fingerprint density at radius 2 is 1.20 bits per heavy atom. The van der Waals surface area contributed by atoms with Gasteiger partial charge < -0.3 is 0 Å². The highest BCUT2D eigenvalue weighted by molar-refractivity contribution is 5.99. The van der Waals surface area contributed by atoms with E-state index in [0.29, 0.717) is 11.1 Å². The summed E-state index contributed by atoms with van der Waals surface area (Å²) in [6.45, 7) is 0. The molecule has 1 aliphatic carbocycles. The maximum Gasteiger partial charge on any atom is 0.133 e. The van der Waals surface area contributed by atoms with E-state index in [1.807, 2.05) is 72.8 Å². The molecule has 4 nitrogen and oxygen atoms in total. The van der Waals surface area contributed by atoms with Crippen LogP contribution in [0.3, 0.4) is 0 Å². The van der Waals surface area contributed by atoms with Gasteiger partial charge in [-0.3, -0.25) is 0 Å². The fourth-order valence-corrected chi connectivity index (χ4v) is 3.00. The summed E-state index contributed by atoms with van der Waals surface area (Å²) in [6.07, 6.45) is 0.237. The molecule has 3 rings (SSSR count). The molecule has 0 N–H and O–H groups in total. The Balaban J connectivity index is 2.31. The predicted octanol–water partition coefficient (Wildman–Crippen LogP) is 4.36. The van der Waals surface area contributed by atoms with Gasteiger partial charge in [-0.25, -0.2) is 0 Å². The number of nitrogens with zero attached hydrogens (tertiary/aromatic N) is 4. The van der Waals surface area contributed by atoms with E-state index in [2.05, 4.69) is 0 Å². The van der Waals surface area contributed by atoms with E-state index in [1.165, 1.54) is 0 Å². The first-order valence-corrected chi connectivity index (χ1v) is 7.50. The number of benzene rings is 2. The van der Waals surface area contributed by atoms with Crippen molar-refractivity contribution in [1.29, 1.82) is 21.0 Å². The first-order chi connectivity index (χ1) is 12.2. The summed E-state index contributed by atoms with van der Waals surface area (Å²) in [4.78, 5) is 0. The maximum absolute atomic E-state index is 9.26. The van der Waals surface area contributed by atoms with Crippen LogP contribution in [0.25, 0.3) is 22.3 Å². The second-order valence-corrected chi connectivity index (χ2v) is 5.46. The molecule has 25 heavy (non-hydrogen) atoms. The minimum absolute atomic E-state index is 0.0108. The molecule has 0 saturated carbocycles. The van der Waals surface area contributed by atoms with Gasteiger partial charge >= 0.3 is 0 Å². The highest BCUT2D eigenvalue weighted by Crippen LogP contribution is 2.44. The highest BCUT2D eigenvalue weighted by Gasteiger charge is 2.27. The van der Waals surface area contributed by atoms with Crippen molar-refractivity contribution >= 4 is 11.1 Å². The van der Waals surface area contributed by atoms with Crippen LogP contribution in [0.15, 0.2) is 59.7 Å². The van der Waals surface area contributed by atoms with Gasteiger partial charge in [0.25, 0.3) is 0 Å². The van der Waals surface area contributed by atoms with E-state index < -0.39 is 0 Å². The van der Waals surface area contributed by atoms with Crippen LogP contribution in [-0.4, -0.2) is 0 Å². The van der Waals surface area contributed by atoms with Gasteiger partial charge in [0, 0.05) is 6.42 Å². The van der Waals surface area contributed by atoms with Gasteiger partial charge in [-0.05, 0) is 39.5 Å². The molecular formula is C21H10N4. The van der Waals surface area contributed by atoms with Gasteiger partial charge in [0.1, 0.15) is 35.4 Å². The standard InChI is InChI=1S/C21H10N4/c22-10-16(11-23)19-9-20(17(12-24)13-25)21-8-15(6-7-18(19)21)14-4-2-1-3-5-14/h1-8H,9H2. The average Bonchev–Trinajstić information content (AvgIpc) is 3.03. The Morgan fingerprint density at radius 1 is 0.640 bits per heavy atom. The summed E-state index contributed by atoms with van der Waals surface area (Å²) in [7, 11) is 0. The Labute approximate surface area is 145 Å². The molecule has 1 aliphatic rings. The molecule has 0 heterocycles. The molecule has 2 aromatic rings. The number of hydrogen-bond acceptors (Lipinski definition) is 4. The summed E-state index contributed by atoms with van der Waals surface area (Å²) >= 11 is 0. The van der Waals surface area contributed by atoms with Crippen LogP contribution in [0.5, 0.6) is 0 Å². The molecule has 0 amide bonds. The first kappa shape index (κ1) is 15.8. The first-order valence-electron chi connectivity index (χ1n) is 7.50. The summed E-state index contributed by atoms with van der Waals surface area (Å²) in [6, 6.07) is 23.1. The third-order valence-corrected chi connectivity index (χ3v) is 4.18. The third kappa shape index (κ3) is 2.66. The third-order valence-electron chi connectivity index (χ3n) is 4.18. The highest BCUT2D eigenvalue weighted by atomic mass is 14.4. The fraction of sp³-hybridized carbons (Fsp3) is 0.0476. The quantitative estimate of drug-likeness (QED) is 0.730. The zero-order valence-corrected chi connectivity index (χ0v) is 13.1. The minimum atomic E-state index is 0.0108. The molecule has 0 aliphatic heterocycles. The number of allylic oxidation sites excluding steroid dienone is 4. The summed E-state index contributed by atoms with van der Waals surface area (Å²) in [5, 5.41) is 36.9. The van der Waals surface area contributed by atoms with Crippen molar-refractivity contribution in [2.45, 2.75) is 6.42 Å². The Hall–Kier alpha value is -4.12. The minimum Gasteiger partial charge on any atom is -0.192 e. The zero-order chi connectivity index (χ0) is 17.8. The van der Waals surface area contributed by atoms with Crippen molar-refractivity contribution in [3.8, 4) is 35.4 Å². The van der Waals surface area contributed by atoms with E-state index >= 15 is 0 Å². The second kappa shape index (κ2) is 6.55. The molecule has 0 unspecified atom stereocenters. The van der Waals surface area contributed by atoms with Crippen molar-refractivity contribution in [3.63, 3.8) is 0 Å². The lowest BCUT2D eigenvalue weighted by Gasteiger charge is -2.06. The van der Waals surface area contributed by atoms with Gasteiger partial charge in [-0.1, -0.05) is 42.5 Å². The Bertz CT molecular complexity index is 1060. The van der Waals surface area contributed by atoms with Crippen LogP contribution in [0.1, 0.15) is 17.5 Å².